The fourth-order valence-electron chi connectivity index (χ4n) is 3.10. The average Bonchev–Trinajstić information content (AvgIpc) is 3.14. The first-order valence-electron chi connectivity index (χ1n) is 9.02. The Morgan fingerprint density at radius 1 is 1.11 bits per heavy atom. The molecule has 6 nitrogen and oxygen atoms in total. The Balaban J connectivity index is 1.51. The molecular weight excluding hydrogens is 344 g/mol. The molecule has 2 amide bonds. The summed E-state index contributed by atoms with van der Waals surface area (Å²) < 4.78 is 10.6. The number of benzene rings is 2. The van der Waals surface area contributed by atoms with Gasteiger partial charge in [-0.15, -0.1) is 0 Å². The largest absolute Gasteiger partial charge is 0.454 e. The van der Waals surface area contributed by atoms with Gasteiger partial charge in [-0.2, -0.15) is 0 Å². The molecule has 0 aromatic heterocycles. The third-order valence-corrected chi connectivity index (χ3v) is 4.66. The number of carbonyl (C=O) groups is 2. The van der Waals surface area contributed by atoms with Crippen LogP contribution in [0.25, 0.3) is 0 Å². The lowest BCUT2D eigenvalue weighted by molar-refractivity contribution is -0.131. The van der Waals surface area contributed by atoms with E-state index < -0.39 is 0 Å². The molecule has 142 valence electrons. The van der Waals surface area contributed by atoms with Gasteiger partial charge >= 0.3 is 0 Å². The van der Waals surface area contributed by atoms with Crippen LogP contribution in [0.15, 0.2) is 48.5 Å². The van der Waals surface area contributed by atoms with Crippen molar-refractivity contribution < 1.29 is 19.1 Å². The normalized spacial score (nSPS) is 13.1. The van der Waals surface area contributed by atoms with Crippen molar-refractivity contribution >= 4 is 11.8 Å². The highest BCUT2D eigenvalue weighted by Gasteiger charge is 2.19. The fourth-order valence-corrected chi connectivity index (χ4v) is 3.10. The number of carbonyl (C=O) groups excluding carboxylic acids is 2. The van der Waals surface area contributed by atoms with E-state index >= 15 is 0 Å². The van der Waals surface area contributed by atoms with Gasteiger partial charge in [-0.1, -0.05) is 36.4 Å². The van der Waals surface area contributed by atoms with E-state index in [0.29, 0.717) is 18.8 Å². The van der Waals surface area contributed by atoms with Crippen molar-refractivity contribution in [3.05, 3.63) is 59.7 Å². The Hall–Kier alpha value is -3.02. The minimum Gasteiger partial charge on any atom is -0.454 e. The van der Waals surface area contributed by atoms with Gasteiger partial charge < -0.3 is 19.7 Å². The third-order valence-electron chi connectivity index (χ3n) is 4.66. The summed E-state index contributed by atoms with van der Waals surface area (Å²) in [5.41, 5.74) is 1.99. The number of hydrogen-bond acceptors (Lipinski definition) is 4. The van der Waals surface area contributed by atoms with Crippen molar-refractivity contribution in [2.45, 2.75) is 32.9 Å². The monoisotopic (exact) mass is 368 g/mol. The minimum atomic E-state index is -0.0980. The van der Waals surface area contributed by atoms with E-state index in [-0.39, 0.29) is 31.1 Å². The number of rotatable bonds is 7. The van der Waals surface area contributed by atoms with E-state index in [0.717, 1.165) is 16.9 Å². The highest BCUT2D eigenvalue weighted by atomic mass is 16.7. The van der Waals surface area contributed by atoms with Crippen LogP contribution in [-0.2, 0) is 16.1 Å². The molecule has 1 aliphatic rings. The SMILES string of the molecule is CC(=O)N(CCC(=O)NCc1ccc2c(c1)OCO2)C(C)c1ccccc1. The van der Waals surface area contributed by atoms with Crippen molar-refractivity contribution in [1.29, 1.82) is 0 Å². The molecule has 0 fully saturated rings. The van der Waals surface area contributed by atoms with E-state index in [1.54, 1.807) is 4.90 Å². The topological polar surface area (TPSA) is 67.9 Å². The molecule has 0 saturated heterocycles. The molecule has 0 spiro atoms. The molecule has 1 heterocycles. The average molecular weight is 368 g/mol. The Bertz CT molecular complexity index is 807. The van der Waals surface area contributed by atoms with E-state index in [2.05, 4.69) is 5.32 Å². The Morgan fingerprint density at radius 3 is 2.59 bits per heavy atom. The van der Waals surface area contributed by atoms with Gasteiger partial charge in [-0.25, -0.2) is 0 Å². The number of fused-ring (bicyclic) bond motifs is 1. The Morgan fingerprint density at radius 2 is 1.85 bits per heavy atom. The summed E-state index contributed by atoms with van der Waals surface area (Å²) in [6.07, 6.45) is 0.251. The third kappa shape index (κ3) is 4.78. The van der Waals surface area contributed by atoms with Crippen molar-refractivity contribution in [2.75, 3.05) is 13.3 Å². The highest BCUT2D eigenvalue weighted by molar-refractivity contribution is 5.78. The number of nitrogens with zero attached hydrogens (tertiary/aromatic N) is 1. The first kappa shape index (κ1) is 18.8. The number of amides is 2. The van der Waals surface area contributed by atoms with Crippen LogP contribution >= 0.6 is 0 Å². The molecule has 1 aliphatic heterocycles. The Kier molecular flexibility index (Phi) is 5.96. The van der Waals surface area contributed by atoms with Gasteiger partial charge in [0.15, 0.2) is 11.5 Å². The van der Waals surface area contributed by atoms with Gasteiger partial charge in [0.05, 0.1) is 6.04 Å². The predicted octanol–water partition coefficient (Wildman–Crippen LogP) is 3.03. The van der Waals surface area contributed by atoms with Gasteiger partial charge in [-0.05, 0) is 30.2 Å². The summed E-state index contributed by atoms with van der Waals surface area (Å²) in [5.74, 6) is 1.27. The van der Waals surface area contributed by atoms with E-state index in [1.807, 2.05) is 55.5 Å². The first-order chi connectivity index (χ1) is 13.0. The summed E-state index contributed by atoms with van der Waals surface area (Å²) in [4.78, 5) is 26.0. The standard InChI is InChI=1S/C21H24N2O4/c1-15(18-6-4-3-5-7-18)23(16(2)24)11-10-21(25)22-13-17-8-9-19-20(12-17)27-14-26-19/h3-9,12,15H,10-11,13-14H2,1-2H3,(H,22,25). The van der Waals surface area contributed by atoms with Crippen molar-refractivity contribution in [3.63, 3.8) is 0 Å². The van der Waals surface area contributed by atoms with Crippen molar-refractivity contribution in [1.82, 2.24) is 10.2 Å². The van der Waals surface area contributed by atoms with Crippen LogP contribution in [0.3, 0.4) is 0 Å². The Labute approximate surface area is 159 Å². The maximum Gasteiger partial charge on any atom is 0.231 e. The maximum absolute atomic E-state index is 12.2. The second-order valence-electron chi connectivity index (χ2n) is 6.51. The van der Waals surface area contributed by atoms with Crippen LogP contribution in [0.4, 0.5) is 0 Å². The number of ether oxygens (including phenoxy) is 2. The van der Waals surface area contributed by atoms with Crippen LogP contribution in [0.2, 0.25) is 0 Å². The molecule has 2 aromatic carbocycles. The molecule has 3 rings (SSSR count). The van der Waals surface area contributed by atoms with Crippen LogP contribution in [0.5, 0.6) is 11.5 Å². The lowest BCUT2D eigenvalue weighted by atomic mass is 10.1. The van der Waals surface area contributed by atoms with Gasteiger partial charge in [0, 0.05) is 26.4 Å². The summed E-state index contributed by atoms with van der Waals surface area (Å²) in [7, 11) is 0. The fraction of sp³-hybridized carbons (Fsp3) is 0.333. The maximum atomic E-state index is 12.2. The first-order valence-corrected chi connectivity index (χ1v) is 9.02. The zero-order valence-corrected chi connectivity index (χ0v) is 15.6. The van der Waals surface area contributed by atoms with Crippen LogP contribution in [0, 0.1) is 0 Å². The molecule has 0 saturated carbocycles. The lowest BCUT2D eigenvalue weighted by Crippen LogP contribution is -2.35. The molecule has 1 N–H and O–H groups in total. The minimum absolute atomic E-state index is 0.0464. The van der Waals surface area contributed by atoms with Gasteiger partial charge in [0.25, 0.3) is 0 Å². The van der Waals surface area contributed by atoms with Crippen LogP contribution < -0.4 is 14.8 Å². The summed E-state index contributed by atoms with van der Waals surface area (Å²) in [5, 5.41) is 2.89. The molecule has 1 unspecified atom stereocenters. The summed E-state index contributed by atoms with van der Waals surface area (Å²) in [6.45, 7) is 4.51. The predicted molar refractivity (Wildman–Crippen MR) is 101 cm³/mol. The molecule has 2 aromatic rings. The molecule has 0 bridgehead atoms. The highest BCUT2D eigenvalue weighted by Crippen LogP contribution is 2.32. The molecule has 1 atom stereocenters. The van der Waals surface area contributed by atoms with E-state index in [9.17, 15) is 9.59 Å². The van der Waals surface area contributed by atoms with E-state index in [1.165, 1.54) is 6.92 Å². The van der Waals surface area contributed by atoms with Crippen LogP contribution in [-0.4, -0.2) is 30.1 Å². The lowest BCUT2D eigenvalue weighted by Gasteiger charge is -2.28. The molecule has 27 heavy (non-hydrogen) atoms. The van der Waals surface area contributed by atoms with Gasteiger partial charge in [0.2, 0.25) is 18.6 Å². The number of hydrogen-bond donors (Lipinski definition) is 1. The molecule has 6 heteroatoms. The molecule has 0 aliphatic carbocycles. The van der Waals surface area contributed by atoms with Gasteiger partial charge in [0.1, 0.15) is 0 Å². The molecule has 0 radical (unpaired) electrons. The number of nitrogens with one attached hydrogen (secondary N) is 1. The quantitative estimate of drug-likeness (QED) is 0.816. The summed E-state index contributed by atoms with van der Waals surface area (Å²) in [6, 6.07) is 15.3. The van der Waals surface area contributed by atoms with E-state index in [4.69, 9.17) is 9.47 Å². The van der Waals surface area contributed by atoms with Gasteiger partial charge in [-0.3, -0.25) is 9.59 Å². The second kappa shape index (κ2) is 8.58. The smallest absolute Gasteiger partial charge is 0.231 e. The zero-order valence-electron chi connectivity index (χ0n) is 15.6. The van der Waals surface area contributed by atoms with Crippen molar-refractivity contribution in [2.24, 2.45) is 0 Å². The van der Waals surface area contributed by atoms with Crippen LogP contribution in [0.1, 0.15) is 37.4 Å². The molecular formula is C21H24N2O4. The summed E-state index contributed by atoms with van der Waals surface area (Å²) >= 11 is 0. The van der Waals surface area contributed by atoms with Crippen molar-refractivity contribution in [3.8, 4) is 11.5 Å². The zero-order chi connectivity index (χ0) is 19.2. The second-order valence-corrected chi connectivity index (χ2v) is 6.51.